The first-order chi connectivity index (χ1) is 12.6. The third-order valence-electron chi connectivity index (χ3n) is 4.28. The van der Waals surface area contributed by atoms with Gasteiger partial charge in [-0.2, -0.15) is 0 Å². The second kappa shape index (κ2) is 8.62. The monoisotopic (exact) mass is 394 g/mol. The molecular formula is C19H20Cl2N2O3. The van der Waals surface area contributed by atoms with E-state index in [0.29, 0.717) is 41.2 Å². The number of nitrogens with zero attached hydrogens (tertiary/aromatic N) is 1. The minimum Gasteiger partial charge on any atom is -0.487 e. The van der Waals surface area contributed by atoms with Crippen LogP contribution in [0, 0.1) is 0 Å². The molecule has 0 aliphatic carbocycles. The fourth-order valence-electron chi connectivity index (χ4n) is 2.83. The Hall–Kier alpha value is -1.95. The van der Waals surface area contributed by atoms with Crippen LogP contribution in [0.25, 0.3) is 0 Å². The van der Waals surface area contributed by atoms with Crippen molar-refractivity contribution >= 4 is 34.9 Å². The van der Waals surface area contributed by atoms with Gasteiger partial charge in [0.15, 0.2) is 5.75 Å². The second-order valence-electron chi connectivity index (χ2n) is 5.94. The van der Waals surface area contributed by atoms with Crippen molar-refractivity contribution < 1.29 is 14.3 Å². The quantitative estimate of drug-likeness (QED) is 0.701. The molecule has 5 nitrogen and oxygen atoms in total. The van der Waals surface area contributed by atoms with Gasteiger partial charge in [0.05, 0.1) is 23.4 Å². The summed E-state index contributed by atoms with van der Waals surface area (Å²) in [6.07, 6.45) is 0.918. The van der Waals surface area contributed by atoms with E-state index in [1.54, 1.807) is 30.2 Å². The predicted octanol–water partition coefficient (Wildman–Crippen LogP) is 5.00. The molecule has 1 N–H and O–H groups in total. The van der Waals surface area contributed by atoms with Crippen LogP contribution in [0.5, 0.6) is 5.75 Å². The molecule has 1 fully saturated rings. The van der Waals surface area contributed by atoms with Crippen LogP contribution in [-0.2, 0) is 4.74 Å². The zero-order valence-corrected chi connectivity index (χ0v) is 15.9. The van der Waals surface area contributed by atoms with Gasteiger partial charge < -0.3 is 19.7 Å². The van der Waals surface area contributed by atoms with E-state index in [2.05, 4.69) is 5.32 Å². The van der Waals surface area contributed by atoms with Gasteiger partial charge in [-0.05, 0) is 36.2 Å². The number of urea groups is 1. The SMILES string of the molecule is COCCOc1c(Cl)cccc1NC(=O)N1CCC1c1ccc(Cl)cc1. The van der Waals surface area contributed by atoms with Crippen molar-refractivity contribution in [3.8, 4) is 5.75 Å². The van der Waals surface area contributed by atoms with Gasteiger partial charge in [-0.25, -0.2) is 4.79 Å². The zero-order chi connectivity index (χ0) is 18.5. The van der Waals surface area contributed by atoms with Crippen molar-refractivity contribution in [2.24, 2.45) is 0 Å². The molecule has 26 heavy (non-hydrogen) atoms. The summed E-state index contributed by atoms with van der Waals surface area (Å²) in [6, 6.07) is 12.7. The van der Waals surface area contributed by atoms with Crippen molar-refractivity contribution in [2.45, 2.75) is 12.5 Å². The summed E-state index contributed by atoms with van der Waals surface area (Å²) in [5.74, 6) is 0.447. The number of hydrogen-bond donors (Lipinski definition) is 1. The number of hydrogen-bond acceptors (Lipinski definition) is 3. The lowest BCUT2D eigenvalue weighted by molar-refractivity contribution is 0.126. The summed E-state index contributed by atoms with van der Waals surface area (Å²) < 4.78 is 10.6. The summed E-state index contributed by atoms with van der Waals surface area (Å²) in [4.78, 5) is 14.5. The highest BCUT2D eigenvalue weighted by Gasteiger charge is 2.33. The lowest BCUT2D eigenvalue weighted by atomic mass is 9.95. The fourth-order valence-corrected chi connectivity index (χ4v) is 3.19. The van der Waals surface area contributed by atoms with Crippen molar-refractivity contribution in [1.82, 2.24) is 4.90 Å². The molecule has 0 radical (unpaired) electrons. The van der Waals surface area contributed by atoms with Crippen molar-refractivity contribution in [2.75, 3.05) is 32.2 Å². The van der Waals surface area contributed by atoms with Crippen LogP contribution in [0.1, 0.15) is 18.0 Å². The van der Waals surface area contributed by atoms with Gasteiger partial charge in [-0.1, -0.05) is 41.4 Å². The zero-order valence-electron chi connectivity index (χ0n) is 14.4. The lowest BCUT2D eigenvalue weighted by Gasteiger charge is -2.41. The minimum atomic E-state index is -0.185. The molecule has 0 bridgehead atoms. The van der Waals surface area contributed by atoms with Crippen LogP contribution in [0.2, 0.25) is 10.0 Å². The van der Waals surface area contributed by atoms with Gasteiger partial charge in [0.25, 0.3) is 0 Å². The Bertz CT molecular complexity index is 768. The Morgan fingerprint density at radius 1 is 1.19 bits per heavy atom. The molecular weight excluding hydrogens is 375 g/mol. The van der Waals surface area contributed by atoms with E-state index in [1.807, 2.05) is 24.3 Å². The maximum absolute atomic E-state index is 12.7. The number of rotatable bonds is 6. The highest BCUT2D eigenvalue weighted by molar-refractivity contribution is 6.32. The van der Waals surface area contributed by atoms with Crippen LogP contribution in [-0.4, -0.2) is 37.8 Å². The fraction of sp³-hybridized carbons (Fsp3) is 0.316. The molecule has 2 amide bonds. The number of para-hydroxylation sites is 1. The molecule has 2 aromatic rings. The maximum Gasteiger partial charge on any atom is 0.322 e. The molecule has 7 heteroatoms. The minimum absolute atomic E-state index is 0.0457. The number of carbonyl (C=O) groups excluding carboxylic acids is 1. The van der Waals surface area contributed by atoms with Gasteiger partial charge in [0.2, 0.25) is 0 Å². The molecule has 0 spiro atoms. The van der Waals surface area contributed by atoms with Gasteiger partial charge >= 0.3 is 6.03 Å². The van der Waals surface area contributed by atoms with E-state index >= 15 is 0 Å². The highest BCUT2D eigenvalue weighted by atomic mass is 35.5. The number of halogens is 2. The summed E-state index contributed by atoms with van der Waals surface area (Å²) in [5, 5.41) is 4.02. The van der Waals surface area contributed by atoms with Gasteiger partial charge in [-0.3, -0.25) is 0 Å². The van der Waals surface area contributed by atoms with Gasteiger partial charge in [0.1, 0.15) is 6.61 Å². The van der Waals surface area contributed by atoms with Crippen molar-refractivity contribution in [3.05, 3.63) is 58.1 Å². The number of likely N-dealkylation sites (tertiary alicyclic amines) is 1. The third kappa shape index (κ3) is 4.23. The molecule has 1 aliphatic heterocycles. The summed E-state index contributed by atoms with van der Waals surface area (Å²) in [6.45, 7) is 1.48. The predicted molar refractivity (Wildman–Crippen MR) is 103 cm³/mol. The van der Waals surface area contributed by atoms with E-state index < -0.39 is 0 Å². The smallest absolute Gasteiger partial charge is 0.322 e. The summed E-state index contributed by atoms with van der Waals surface area (Å²) >= 11 is 12.2. The molecule has 1 saturated heterocycles. The summed E-state index contributed by atoms with van der Waals surface area (Å²) in [7, 11) is 1.60. The normalized spacial score (nSPS) is 16.1. The van der Waals surface area contributed by atoms with Gasteiger partial charge in [0, 0.05) is 18.7 Å². The largest absolute Gasteiger partial charge is 0.487 e. The number of carbonyl (C=O) groups is 1. The van der Waals surface area contributed by atoms with E-state index in [4.69, 9.17) is 32.7 Å². The number of benzene rings is 2. The molecule has 3 rings (SSSR count). The molecule has 2 aromatic carbocycles. The van der Waals surface area contributed by atoms with E-state index in [0.717, 1.165) is 12.0 Å². The maximum atomic E-state index is 12.7. The van der Waals surface area contributed by atoms with E-state index in [-0.39, 0.29) is 12.1 Å². The van der Waals surface area contributed by atoms with E-state index in [9.17, 15) is 4.79 Å². The number of amides is 2. The Balaban J connectivity index is 1.70. The standard InChI is InChI=1S/C19H20Cl2N2O3/c1-25-11-12-26-18-15(21)3-2-4-16(18)22-19(24)23-10-9-17(23)13-5-7-14(20)8-6-13/h2-8,17H,9-12H2,1H3,(H,22,24). The lowest BCUT2D eigenvalue weighted by Crippen LogP contribution is -2.47. The molecule has 138 valence electrons. The molecule has 0 saturated carbocycles. The second-order valence-corrected chi connectivity index (χ2v) is 6.78. The van der Waals surface area contributed by atoms with Crippen LogP contribution in [0.4, 0.5) is 10.5 Å². The van der Waals surface area contributed by atoms with Crippen LogP contribution in [0.15, 0.2) is 42.5 Å². The Morgan fingerprint density at radius 2 is 1.96 bits per heavy atom. The number of nitrogens with one attached hydrogen (secondary N) is 1. The van der Waals surface area contributed by atoms with Crippen LogP contribution < -0.4 is 10.1 Å². The molecule has 1 unspecified atom stereocenters. The van der Waals surface area contributed by atoms with Crippen molar-refractivity contribution in [1.29, 1.82) is 0 Å². The molecule has 1 heterocycles. The van der Waals surface area contributed by atoms with Crippen LogP contribution >= 0.6 is 23.2 Å². The van der Waals surface area contributed by atoms with Crippen LogP contribution in [0.3, 0.4) is 0 Å². The molecule has 1 aliphatic rings. The van der Waals surface area contributed by atoms with E-state index in [1.165, 1.54) is 0 Å². The Kier molecular flexibility index (Phi) is 6.25. The third-order valence-corrected chi connectivity index (χ3v) is 4.83. The number of anilines is 1. The first-order valence-corrected chi connectivity index (χ1v) is 9.09. The Labute approximate surface area is 162 Å². The average Bonchev–Trinajstić information content (AvgIpc) is 2.58. The first kappa shape index (κ1) is 18.8. The Morgan fingerprint density at radius 3 is 2.62 bits per heavy atom. The summed E-state index contributed by atoms with van der Waals surface area (Å²) in [5.41, 5.74) is 1.61. The topological polar surface area (TPSA) is 50.8 Å². The van der Waals surface area contributed by atoms with Crippen molar-refractivity contribution in [3.63, 3.8) is 0 Å². The average molecular weight is 395 g/mol. The number of ether oxygens (including phenoxy) is 2. The molecule has 0 aromatic heterocycles. The number of methoxy groups -OCH3 is 1. The first-order valence-electron chi connectivity index (χ1n) is 8.33. The van der Waals surface area contributed by atoms with Gasteiger partial charge in [-0.15, -0.1) is 0 Å². The highest BCUT2D eigenvalue weighted by Crippen LogP contribution is 2.36. The molecule has 1 atom stereocenters.